The Bertz CT molecular complexity index is 212. The number of carbonyl (C=O) groups is 1. The average Bonchev–Trinajstić information content (AvgIpc) is 2.09. The Hall–Kier alpha value is -0.530. The zero-order chi connectivity index (χ0) is 10.8. The minimum absolute atomic E-state index is 0.155. The molecule has 3 atom stereocenters. The lowest BCUT2D eigenvalue weighted by Crippen LogP contribution is -2.33. The SMILES string of the molecule is CC(=O)OC[C@]1(C)CC[C@H](C)[C@H](C)C1. The molecule has 1 aliphatic carbocycles. The first kappa shape index (κ1) is 11.5. The summed E-state index contributed by atoms with van der Waals surface area (Å²) in [4.78, 5) is 10.8. The van der Waals surface area contributed by atoms with Crippen LogP contribution in [0, 0.1) is 17.3 Å². The number of esters is 1. The third-order valence-electron chi connectivity index (χ3n) is 3.61. The maximum absolute atomic E-state index is 10.8. The van der Waals surface area contributed by atoms with Crippen LogP contribution < -0.4 is 0 Å². The summed E-state index contributed by atoms with van der Waals surface area (Å²) in [5.74, 6) is 1.42. The van der Waals surface area contributed by atoms with Crippen LogP contribution in [0.3, 0.4) is 0 Å². The van der Waals surface area contributed by atoms with Crippen molar-refractivity contribution in [2.75, 3.05) is 6.61 Å². The molecule has 0 heterocycles. The van der Waals surface area contributed by atoms with Gasteiger partial charge in [-0.3, -0.25) is 4.79 Å². The fraction of sp³-hybridized carbons (Fsp3) is 0.917. The van der Waals surface area contributed by atoms with E-state index in [1.807, 2.05) is 0 Å². The topological polar surface area (TPSA) is 26.3 Å². The number of rotatable bonds is 2. The molecule has 0 amide bonds. The molecule has 82 valence electrons. The van der Waals surface area contributed by atoms with Gasteiger partial charge < -0.3 is 4.74 Å². The second-order valence-corrected chi connectivity index (χ2v) is 5.29. The van der Waals surface area contributed by atoms with Crippen molar-refractivity contribution in [2.45, 2.75) is 47.0 Å². The van der Waals surface area contributed by atoms with E-state index in [2.05, 4.69) is 20.8 Å². The molecule has 1 aliphatic rings. The van der Waals surface area contributed by atoms with Crippen LogP contribution in [0.2, 0.25) is 0 Å². The lowest BCUT2D eigenvalue weighted by Gasteiger charge is -2.39. The zero-order valence-corrected chi connectivity index (χ0v) is 9.80. The van der Waals surface area contributed by atoms with E-state index in [4.69, 9.17) is 4.74 Å². The first-order chi connectivity index (χ1) is 6.43. The van der Waals surface area contributed by atoms with E-state index in [1.54, 1.807) is 0 Å². The summed E-state index contributed by atoms with van der Waals surface area (Å²) >= 11 is 0. The second kappa shape index (κ2) is 4.33. The van der Waals surface area contributed by atoms with Crippen LogP contribution >= 0.6 is 0 Å². The van der Waals surface area contributed by atoms with Crippen LogP contribution in [0.25, 0.3) is 0 Å². The Labute approximate surface area is 87.0 Å². The monoisotopic (exact) mass is 198 g/mol. The third-order valence-corrected chi connectivity index (χ3v) is 3.61. The molecule has 0 aromatic rings. The minimum Gasteiger partial charge on any atom is -0.465 e. The molecule has 0 spiro atoms. The first-order valence-corrected chi connectivity index (χ1v) is 5.56. The molecule has 1 rings (SSSR count). The summed E-state index contributed by atoms with van der Waals surface area (Å²) in [6, 6.07) is 0. The van der Waals surface area contributed by atoms with Gasteiger partial charge in [0, 0.05) is 12.3 Å². The summed E-state index contributed by atoms with van der Waals surface area (Å²) in [5.41, 5.74) is 0.220. The van der Waals surface area contributed by atoms with Crippen molar-refractivity contribution in [2.24, 2.45) is 17.3 Å². The Morgan fingerprint density at radius 1 is 1.43 bits per heavy atom. The predicted octanol–water partition coefficient (Wildman–Crippen LogP) is 3.01. The molecule has 0 unspecified atom stereocenters. The lowest BCUT2D eigenvalue weighted by molar-refractivity contribution is -0.145. The van der Waals surface area contributed by atoms with Crippen LogP contribution in [-0.2, 0) is 9.53 Å². The summed E-state index contributed by atoms with van der Waals surface area (Å²) in [5, 5.41) is 0. The third kappa shape index (κ3) is 3.00. The molecule has 0 aliphatic heterocycles. The highest BCUT2D eigenvalue weighted by atomic mass is 16.5. The number of ether oxygens (including phenoxy) is 1. The van der Waals surface area contributed by atoms with Gasteiger partial charge in [-0.15, -0.1) is 0 Å². The van der Waals surface area contributed by atoms with Gasteiger partial charge in [-0.25, -0.2) is 0 Å². The normalized spacial score (nSPS) is 38.0. The summed E-state index contributed by atoms with van der Waals surface area (Å²) < 4.78 is 5.13. The van der Waals surface area contributed by atoms with Gasteiger partial charge in [-0.05, 0) is 31.1 Å². The van der Waals surface area contributed by atoms with Crippen molar-refractivity contribution in [3.05, 3.63) is 0 Å². The Morgan fingerprint density at radius 2 is 2.07 bits per heavy atom. The fourth-order valence-corrected chi connectivity index (χ4v) is 2.35. The second-order valence-electron chi connectivity index (χ2n) is 5.29. The summed E-state index contributed by atoms with van der Waals surface area (Å²) in [6.45, 7) is 8.93. The molecule has 0 aromatic heterocycles. The van der Waals surface area contributed by atoms with Crippen LogP contribution in [0.15, 0.2) is 0 Å². The van der Waals surface area contributed by atoms with Crippen molar-refractivity contribution in [3.8, 4) is 0 Å². The van der Waals surface area contributed by atoms with Crippen LogP contribution in [0.5, 0.6) is 0 Å². The Kier molecular flexibility index (Phi) is 3.57. The van der Waals surface area contributed by atoms with Crippen molar-refractivity contribution in [3.63, 3.8) is 0 Å². The molecule has 0 bridgehead atoms. The number of hydrogen-bond acceptors (Lipinski definition) is 2. The molecule has 1 saturated carbocycles. The van der Waals surface area contributed by atoms with Crippen molar-refractivity contribution in [1.29, 1.82) is 0 Å². The van der Waals surface area contributed by atoms with E-state index < -0.39 is 0 Å². The number of carbonyl (C=O) groups excluding carboxylic acids is 1. The summed E-state index contributed by atoms with van der Waals surface area (Å²) in [6.07, 6.45) is 3.63. The highest BCUT2D eigenvalue weighted by Crippen LogP contribution is 2.41. The van der Waals surface area contributed by atoms with Crippen LogP contribution in [0.4, 0.5) is 0 Å². The molecule has 0 radical (unpaired) electrons. The maximum Gasteiger partial charge on any atom is 0.302 e. The highest BCUT2D eigenvalue weighted by molar-refractivity contribution is 5.65. The molecular weight excluding hydrogens is 176 g/mol. The molecule has 1 fully saturated rings. The van der Waals surface area contributed by atoms with E-state index in [0.717, 1.165) is 11.8 Å². The lowest BCUT2D eigenvalue weighted by atomic mass is 9.68. The van der Waals surface area contributed by atoms with E-state index in [-0.39, 0.29) is 11.4 Å². The van der Waals surface area contributed by atoms with Gasteiger partial charge in [0.1, 0.15) is 0 Å². The van der Waals surface area contributed by atoms with Crippen molar-refractivity contribution >= 4 is 5.97 Å². The van der Waals surface area contributed by atoms with Gasteiger partial charge in [0.15, 0.2) is 0 Å². The minimum atomic E-state index is -0.155. The zero-order valence-electron chi connectivity index (χ0n) is 9.80. The van der Waals surface area contributed by atoms with Gasteiger partial charge in [0.2, 0.25) is 0 Å². The van der Waals surface area contributed by atoms with Gasteiger partial charge in [0.25, 0.3) is 0 Å². The molecule has 0 saturated heterocycles. The van der Waals surface area contributed by atoms with Crippen LogP contribution in [-0.4, -0.2) is 12.6 Å². The predicted molar refractivity (Wildman–Crippen MR) is 56.9 cm³/mol. The molecule has 2 heteroatoms. The van der Waals surface area contributed by atoms with E-state index in [1.165, 1.54) is 26.2 Å². The quantitative estimate of drug-likeness (QED) is 0.637. The summed E-state index contributed by atoms with van der Waals surface area (Å²) in [7, 11) is 0. The molecule has 0 aromatic carbocycles. The Morgan fingerprint density at radius 3 is 2.57 bits per heavy atom. The molecule has 0 N–H and O–H groups in total. The number of hydrogen-bond donors (Lipinski definition) is 0. The Balaban J connectivity index is 2.45. The van der Waals surface area contributed by atoms with E-state index in [9.17, 15) is 4.79 Å². The van der Waals surface area contributed by atoms with Crippen LogP contribution in [0.1, 0.15) is 47.0 Å². The first-order valence-electron chi connectivity index (χ1n) is 5.56. The van der Waals surface area contributed by atoms with Crippen molar-refractivity contribution < 1.29 is 9.53 Å². The molecule has 14 heavy (non-hydrogen) atoms. The largest absolute Gasteiger partial charge is 0.465 e. The van der Waals surface area contributed by atoms with E-state index in [0.29, 0.717) is 6.61 Å². The molecular formula is C12H22O2. The maximum atomic E-state index is 10.8. The standard InChI is InChI=1S/C12H22O2/c1-9-5-6-12(4,7-10(9)2)8-14-11(3)13/h9-10H,5-8H2,1-4H3/t9-,10+,12+/m0/s1. The van der Waals surface area contributed by atoms with E-state index >= 15 is 0 Å². The van der Waals surface area contributed by atoms with Gasteiger partial charge >= 0.3 is 5.97 Å². The van der Waals surface area contributed by atoms with Crippen molar-refractivity contribution in [1.82, 2.24) is 0 Å². The van der Waals surface area contributed by atoms with Gasteiger partial charge in [-0.1, -0.05) is 20.8 Å². The van der Waals surface area contributed by atoms with Gasteiger partial charge in [0.05, 0.1) is 6.61 Å². The fourth-order valence-electron chi connectivity index (χ4n) is 2.35. The highest BCUT2D eigenvalue weighted by Gasteiger charge is 2.34. The molecule has 2 nitrogen and oxygen atoms in total. The smallest absolute Gasteiger partial charge is 0.302 e. The van der Waals surface area contributed by atoms with Gasteiger partial charge in [-0.2, -0.15) is 0 Å². The average molecular weight is 198 g/mol.